The third kappa shape index (κ3) is 2.14. The molecule has 4 aliphatic rings. The minimum atomic E-state index is -1.16. The largest absolute Gasteiger partial charge is 0.550 e. The molecule has 1 aliphatic heterocycles. The van der Waals surface area contributed by atoms with E-state index in [0.29, 0.717) is 0 Å². The predicted molar refractivity (Wildman–Crippen MR) is 94.5 cm³/mol. The summed E-state index contributed by atoms with van der Waals surface area (Å²) in [5, 5.41) is 10.7. The third-order valence-corrected chi connectivity index (χ3v) is 6.30. The fourth-order valence-corrected chi connectivity index (χ4v) is 5.34. The van der Waals surface area contributed by atoms with Crippen molar-refractivity contribution in [2.45, 2.75) is 24.7 Å². The smallest absolute Gasteiger partial charge is 0.234 e. The van der Waals surface area contributed by atoms with Gasteiger partial charge in [-0.15, -0.1) is 0 Å². The maximum absolute atomic E-state index is 13.2. The molecule has 5 nitrogen and oxygen atoms in total. The zero-order valence-corrected chi connectivity index (χ0v) is 14.6. The highest BCUT2D eigenvalue weighted by Crippen LogP contribution is 2.60. The van der Waals surface area contributed by atoms with Gasteiger partial charge < -0.3 is 9.90 Å². The van der Waals surface area contributed by atoms with Crippen LogP contribution in [0.25, 0.3) is 0 Å². The van der Waals surface area contributed by atoms with Gasteiger partial charge in [-0.1, -0.05) is 48.5 Å². The summed E-state index contributed by atoms with van der Waals surface area (Å²) in [5.74, 6) is -2.51. The first-order valence-corrected chi connectivity index (χ1v) is 9.32. The van der Waals surface area contributed by atoms with Crippen LogP contribution in [0.2, 0.25) is 0 Å². The molecule has 1 fully saturated rings. The first-order chi connectivity index (χ1) is 13.1. The number of carbonyl (C=O) groups is 3. The number of carboxylic acid groups (broad SMARTS) is 1. The number of nitrogens with zero attached hydrogens (tertiary/aromatic N) is 1. The van der Waals surface area contributed by atoms with Crippen molar-refractivity contribution < 1.29 is 19.5 Å². The molecule has 2 aromatic rings. The lowest BCUT2D eigenvalue weighted by molar-refractivity contribution is -0.305. The zero-order valence-electron chi connectivity index (χ0n) is 14.6. The molecule has 2 atom stereocenters. The van der Waals surface area contributed by atoms with Crippen LogP contribution in [0.4, 0.5) is 0 Å². The van der Waals surface area contributed by atoms with E-state index in [1.165, 1.54) is 4.90 Å². The number of carboxylic acids is 1. The van der Waals surface area contributed by atoms with Crippen molar-refractivity contribution in [2.75, 3.05) is 6.54 Å². The molecular formula is C22H18NO4-. The molecule has 1 saturated heterocycles. The van der Waals surface area contributed by atoms with E-state index in [9.17, 15) is 19.5 Å². The van der Waals surface area contributed by atoms with Crippen LogP contribution in [0.5, 0.6) is 0 Å². The first-order valence-electron chi connectivity index (χ1n) is 9.32. The molecule has 136 valence electrons. The molecule has 0 spiro atoms. The van der Waals surface area contributed by atoms with E-state index in [2.05, 4.69) is 24.3 Å². The number of amides is 2. The van der Waals surface area contributed by atoms with E-state index >= 15 is 0 Å². The first kappa shape index (κ1) is 16.2. The molecule has 2 aromatic carbocycles. The Bertz CT molecular complexity index is 866. The van der Waals surface area contributed by atoms with E-state index in [1.807, 2.05) is 24.3 Å². The van der Waals surface area contributed by atoms with Crippen molar-refractivity contribution in [3.63, 3.8) is 0 Å². The molecule has 0 saturated carbocycles. The molecule has 2 amide bonds. The molecular weight excluding hydrogens is 342 g/mol. The SMILES string of the molecule is O=C([O-])CCCN1C(=O)[C@@H]2C3c4ccccc4C(c4ccccc43)[C@H]2C1=O. The van der Waals surface area contributed by atoms with Gasteiger partial charge in [-0.25, -0.2) is 0 Å². The van der Waals surface area contributed by atoms with Gasteiger partial charge in [-0.2, -0.15) is 0 Å². The summed E-state index contributed by atoms with van der Waals surface area (Å²) in [6.45, 7) is 0.144. The van der Waals surface area contributed by atoms with Crippen molar-refractivity contribution in [1.82, 2.24) is 4.90 Å². The van der Waals surface area contributed by atoms with E-state index < -0.39 is 17.8 Å². The quantitative estimate of drug-likeness (QED) is 0.773. The lowest BCUT2D eigenvalue weighted by atomic mass is 9.55. The highest BCUT2D eigenvalue weighted by atomic mass is 16.4. The van der Waals surface area contributed by atoms with Gasteiger partial charge in [0.25, 0.3) is 0 Å². The number of aliphatic carboxylic acids is 1. The molecule has 27 heavy (non-hydrogen) atoms. The average Bonchev–Trinajstić information content (AvgIpc) is 2.93. The van der Waals surface area contributed by atoms with Crippen molar-refractivity contribution >= 4 is 17.8 Å². The lowest BCUT2D eigenvalue weighted by Gasteiger charge is -2.45. The molecule has 1 heterocycles. The lowest BCUT2D eigenvalue weighted by Crippen LogP contribution is -2.41. The summed E-state index contributed by atoms with van der Waals surface area (Å²) in [6.07, 6.45) is 0.0776. The maximum Gasteiger partial charge on any atom is 0.234 e. The van der Waals surface area contributed by atoms with Crippen LogP contribution < -0.4 is 5.11 Å². The van der Waals surface area contributed by atoms with Crippen molar-refractivity contribution in [3.8, 4) is 0 Å². The number of carbonyl (C=O) groups excluding carboxylic acids is 3. The molecule has 0 aromatic heterocycles. The van der Waals surface area contributed by atoms with Crippen LogP contribution in [0.3, 0.4) is 0 Å². The molecule has 2 bridgehead atoms. The number of likely N-dealkylation sites (tertiary alicyclic amines) is 1. The van der Waals surface area contributed by atoms with Crippen LogP contribution in [-0.2, 0) is 14.4 Å². The van der Waals surface area contributed by atoms with Gasteiger partial charge in [-0.05, 0) is 35.1 Å². The van der Waals surface area contributed by atoms with E-state index in [0.717, 1.165) is 22.3 Å². The van der Waals surface area contributed by atoms with Gasteiger partial charge in [-0.3, -0.25) is 14.5 Å². The average molecular weight is 360 g/mol. The van der Waals surface area contributed by atoms with Gasteiger partial charge in [0, 0.05) is 24.3 Å². The Morgan fingerprint density at radius 1 is 0.815 bits per heavy atom. The minimum absolute atomic E-state index is 0.116. The molecule has 6 rings (SSSR count). The third-order valence-electron chi connectivity index (χ3n) is 6.30. The topological polar surface area (TPSA) is 77.5 Å². The second-order valence-corrected chi connectivity index (χ2v) is 7.57. The molecule has 0 N–H and O–H groups in total. The standard InChI is InChI=1S/C22H19NO4/c24-16(25)10-5-11-23-21(26)19-17-12-6-1-2-7-13(12)18(20(19)22(23)27)15-9-4-3-8-14(15)17/h1-4,6-9,17-20H,5,10-11H2,(H,24,25)/p-1/t17?,18?,19-,20-/m1/s1. The predicted octanol–water partition coefficient (Wildman–Crippen LogP) is 1.41. The Hall–Kier alpha value is -2.95. The summed E-state index contributed by atoms with van der Waals surface area (Å²) in [5.41, 5.74) is 4.56. The number of rotatable bonds is 4. The van der Waals surface area contributed by atoms with Crippen molar-refractivity contribution in [2.24, 2.45) is 11.8 Å². The van der Waals surface area contributed by atoms with Crippen molar-refractivity contribution in [3.05, 3.63) is 70.8 Å². The van der Waals surface area contributed by atoms with Gasteiger partial charge in [0.2, 0.25) is 11.8 Å². The number of imide groups is 1. The Kier molecular flexibility index (Phi) is 3.47. The highest BCUT2D eigenvalue weighted by Gasteiger charge is 2.61. The summed E-state index contributed by atoms with van der Waals surface area (Å²) >= 11 is 0. The summed E-state index contributed by atoms with van der Waals surface area (Å²) in [7, 11) is 0. The van der Waals surface area contributed by atoms with Crippen LogP contribution in [0, 0.1) is 11.8 Å². The second-order valence-electron chi connectivity index (χ2n) is 7.57. The van der Waals surface area contributed by atoms with Crippen LogP contribution in [0.1, 0.15) is 46.9 Å². The summed E-state index contributed by atoms with van der Waals surface area (Å²) in [4.78, 5) is 38.3. The van der Waals surface area contributed by atoms with Crippen LogP contribution >= 0.6 is 0 Å². The molecule has 0 unspecified atom stereocenters. The molecule has 5 heteroatoms. The van der Waals surface area contributed by atoms with Crippen LogP contribution in [-0.4, -0.2) is 29.2 Å². The van der Waals surface area contributed by atoms with Gasteiger partial charge in [0.05, 0.1) is 11.8 Å². The zero-order chi connectivity index (χ0) is 18.7. The molecule has 0 radical (unpaired) electrons. The number of hydrogen-bond acceptors (Lipinski definition) is 4. The highest BCUT2D eigenvalue weighted by molar-refractivity contribution is 6.07. The van der Waals surface area contributed by atoms with Gasteiger partial charge >= 0.3 is 0 Å². The minimum Gasteiger partial charge on any atom is -0.550 e. The number of benzene rings is 2. The van der Waals surface area contributed by atoms with E-state index in [4.69, 9.17) is 0 Å². The van der Waals surface area contributed by atoms with Crippen LogP contribution in [0.15, 0.2) is 48.5 Å². The Labute approximate surface area is 156 Å². The molecule has 3 aliphatic carbocycles. The maximum atomic E-state index is 13.2. The van der Waals surface area contributed by atoms with E-state index in [1.54, 1.807) is 0 Å². The Balaban J connectivity index is 1.60. The summed E-state index contributed by atoms with van der Waals surface area (Å²) in [6, 6.07) is 16.2. The monoisotopic (exact) mass is 360 g/mol. The fourth-order valence-electron chi connectivity index (χ4n) is 5.34. The Morgan fingerprint density at radius 3 is 1.59 bits per heavy atom. The number of hydrogen-bond donors (Lipinski definition) is 0. The summed E-state index contributed by atoms with van der Waals surface area (Å²) < 4.78 is 0. The van der Waals surface area contributed by atoms with Gasteiger partial charge in [0.15, 0.2) is 0 Å². The van der Waals surface area contributed by atoms with E-state index in [-0.39, 0.29) is 43.0 Å². The normalized spacial score (nSPS) is 27.3. The van der Waals surface area contributed by atoms with Gasteiger partial charge in [0.1, 0.15) is 0 Å². The Morgan fingerprint density at radius 2 is 1.22 bits per heavy atom. The second kappa shape index (κ2) is 5.78. The van der Waals surface area contributed by atoms with Crippen molar-refractivity contribution in [1.29, 1.82) is 0 Å². The fraction of sp³-hybridized carbons (Fsp3) is 0.318.